The Bertz CT molecular complexity index is 978. The van der Waals surface area contributed by atoms with Gasteiger partial charge in [-0.05, 0) is 23.6 Å². The highest BCUT2D eigenvalue weighted by atomic mass is 35.5. The summed E-state index contributed by atoms with van der Waals surface area (Å²) < 4.78 is 0. The van der Waals surface area contributed by atoms with Gasteiger partial charge >= 0.3 is 0 Å². The second-order valence-electron chi connectivity index (χ2n) is 5.89. The van der Waals surface area contributed by atoms with Gasteiger partial charge in [-0.2, -0.15) is 0 Å². The Morgan fingerprint density at radius 3 is 2.70 bits per heavy atom. The molecule has 1 aromatic heterocycles. The van der Waals surface area contributed by atoms with Crippen molar-refractivity contribution in [3.8, 4) is 0 Å². The highest BCUT2D eigenvalue weighted by molar-refractivity contribution is 7.15. The van der Waals surface area contributed by atoms with Gasteiger partial charge in [-0.25, -0.2) is 0 Å². The van der Waals surface area contributed by atoms with E-state index in [2.05, 4.69) is 34.6 Å². The molecule has 0 saturated carbocycles. The van der Waals surface area contributed by atoms with Crippen molar-refractivity contribution in [2.45, 2.75) is 19.3 Å². The van der Waals surface area contributed by atoms with E-state index < -0.39 is 10.8 Å². The summed E-state index contributed by atoms with van der Waals surface area (Å²) in [7, 11) is 0. The summed E-state index contributed by atoms with van der Waals surface area (Å²) >= 11 is 7.04. The SMILES string of the molecule is CC(Cc1nnc(NC(=O)c2ccc(Cl)c([N+](=O)[O-])c2)s1)c1ccccc1. The molecule has 1 amide bonds. The average molecular weight is 403 g/mol. The zero-order chi connectivity index (χ0) is 19.4. The highest BCUT2D eigenvalue weighted by Gasteiger charge is 2.18. The molecule has 0 fully saturated rings. The molecular weight excluding hydrogens is 388 g/mol. The van der Waals surface area contributed by atoms with E-state index in [4.69, 9.17) is 11.6 Å². The van der Waals surface area contributed by atoms with Gasteiger partial charge in [0.15, 0.2) is 0 Å². The Morgan fingerprint density at radius 2 is 2.00 bits per heavy atom. The van der Waals surface area contributed by atoms with Crippen molar-refractivity contribution in [1.29, 1.82) is 0 Å². The summed E-state index contributed by atoms with van der Waals surface area (Å²) in [5.74, 6) is -0.241. The topological polar surface area (TPSA) is 98.0 Å². The van der Waals surface area contributed by atoms with Crippen LogP contribution in [0.4, 0.5) is 10.8 Å². The molecule has 138 valence electrons. The van der Waals surface area contributed by atoms with Crippen LogP contribution in [0.2, 0.25) is 5.02 Å². The summed E-state index contributed by atoms with van der Waals surface area (Å²) in [4.78, 5) is 22.6. The van der Waals surface area contributed by atoms with Crippen LogP contribution >= 0.6 is 22.9 Å². The molecule has 7 nitrogen and oxygen atoms in total. The summed E-state index contributed by atoms with van der Waals surface area (Å²) in [5, 5.41) is 22.8. The molecule has 0 aliphatic carbocycles. The first-order valence-corrected chi connectivity index (χ1v) is 9.26. The quantitative estimate of drug-likeness (QED) is 0.476. The molecule has 1 atom stereocenters. The van der Waals surface area contributed by atoms with Gasteiger partial charge in [-0.15, -0.1) is 10.2 Å². The number of halogens is 1. The number of nitro groups is 1. The molecule has 3 rings (SSSR count). The number of nitrogens with one attached hydrogen (secondary N) is 1. The number of hydrogen-bond donors (Lipinski definition) is 1. The fraction of sp³-hybridized carbons (Fsp3) is 0.167. The lowest BCUT2D eigenvalue weighted by molar-refractivity contribution is -0.384. The predicted octanol–water partition coefficient (Wildman–Crippen LogP) is 4.70. The molecule has 1 heterocycles. The molecule has 0 bridgehead atoms. The molecule has 2 aromatic carbocycles. The molecular formula is C18H15ClN4O3S. The van der Waals surface area contributed by atoms with Crippen LogP contribution in [0.1, 0.15) is 33.8 Å². The van der Waals surface area contributed by atoms with E-state index >= 15 is 0 Å². The van der Waals surface area contributed by atoms with Crippen molar-refractivity contribution in [1.82, 2.24) is 10.2 Å². The average Bonchev–Trinajstić information content (AvgIpc) is 3.09. The summed E-state index contributed by atoms with van der Waals surface area (Å²) in [6.45, 7) is 2.10. The molecule has 0 saturated heterocycles. The molecule has 0 aliphatic heterocycles. The highest BCUT2D eigenvalue weighted by Crippen LogP contribution is 2.27. The van der Waals surface area contributed by atoms with Gasteiger partial charge in [0.2, 0.25) is 5.13 Å². The maximum absolute atomic E-state index is 12.3. The van der Waals surface area contributed by atoms with E-state index in [1.807, 2.05) is 18.2 Å². The number of benzene rings is 2. The third-order valence-electron chi connectivity index (χ3n) is 3.94. The standard InChI is InChI=1S/C18H15ClN4O3S/c1-11(12-5-3-2-4-6-12)9-16-21-22-18(27-16)20-17(24)13-7-8-14(19)15(10-13)23(25)26/h2-8,10-11H,9H2,1H3,(H,20,22,24). The molecule has 1 N–H and O–H groups in total. The molecule has 27 heavy (non-hydrogen) atoms. The van der Waals surface area contributed by atoms with Crippen LogP contribution < -0.4 is 5.32 Å². The van der Waals surface area contributed by atoms with Crippen LogP contribution in [0.5, 0.6) is 0 Å². The maximum atomic E-state index is 12.3. The van der Waals surface area contributed by atoms with Crippen LogP contribution in [0.25, 0.3) is 0 Å². The fourth-order valence-corrected chi connectivity index (χ4v) is 3.56. The Balaban J connectivity index is 1.68. The smallest absolute Gasteiger partial charge is 0.288 e. The van der Waals surface area contributed by atoms with E-state index in [0.717, 1.165) is 11.1 Å². The van der Waals surface area contributed by atoms with Crippen molar-refractivity contribution >= 4 is 39.7 Å². The lowest BCUT2D eigenvalue weighted by atomic mass is 9.98. The number of carbonyl (C=O) groups excluding carboxylic acids is 1. The van der Waals surface area contributed by atoms with Crippen LogP contribution in [0.15, 0.2) is 48.5 Å². The summed E-state index contributed by atoms with van der Waals surface area (Å²) in [6, 6.07) is 13.9. The Hall–Kier alpha value is -2.84. The molecule has 0 spiro atoms. The lowest BCUT2D eigenvalue weighted by Gasteiger charge is -2.08. The van der Waals surface area contributed by atoms with E-state index in [0.29, 0.717) is 11.6 Å². The molecule has 0 aliphatic rings. The minimum absolute atomic E-state index is 0.0235. The van der Waals surface area contributed by atoms with E-state index in [-0.39, 0.29) is 22.2 Å². The molecule has 3 aromatic rings. The zero-order valence-electron chi connectivity index (χ0n) is 14.3. The van der Waals surface area contributed by atoms with Crippen LogP contribution in [-0.4, -0.2) is 21.0 Å². The van der Waals surface area contributed by atoms with Gasteiger partial charge in [-0.3, -0.25) is 20.2 Å². The number of hydrogen-bond acceptors (Lipinski definition) is 6. The summed E-state index contributed by atoms with van der Waals surface area (Å²) in [5.41, 5.74) is 1.01. The lowest BCUT2D eigenvalue weighted by Crippen LogP contribution is -2.12. The van der Waals surface area contributed by atoms with Crippen molar-refractivity contribution in [3.63, 3.8) is 0 Å². The van der Waals surface area contributed by atoms with Gasteiger partial charge in [0.05, 0.1) is 4.92 Å². The zero-order valence-corrected chi connectivity index (χ0v) is 15.8. The predicted molar refractivity (Wildman–Crippen MR) is 105 cm³/mol. The molecule has 1 unspecified atom stereocenters. The molecule has 0 radical (unpaired) electrons. The number of anilines is 1. The molecule has 9 heteroatoms. The third-order valence-corrected chi connectivity index (χ3v) is 5.12. The van der Waals surface area contributed by atoms with Gasteiger partial charge in [0.25, 0.3) is 11.6 Å². The van der Waals surface area contributed by atoms with E-state index in [1.165, 1.54) is 29.0 Å². The Morgan fingerprint density at radius 1 is 1.26 bits per heavy atom. The van der Waals surface area contributed by atoms with Gasteiger partial charge in [-0.1, -0.05) is 60.2 Å². The number of carbonyl (C=O) groups is 1. The van der Waals surface area contributed by atoms with E-state index in [1.54, 1.807) is 0 Å². The summed E-state index contributed by atoms with van der Waals surface area (Å²) in [6.07, 6.45) is 0.698. The van der Waals surface area contributed by atoms with Crippen LogP contribution in [0, 0.1) is 10.1 Å². The Kier molecular flexibility index (Phi) is 5.78. The van der Waals surface area contributed by atoms with Crippen molar-refractivity contribution < 1.29 is 9.72 Å². The number of nitro benzene ring substituents is 1. The third kappa shape index (κ3) is 4.66. The minimum atomic E-state index is -0.632. The van der Waals surface area contributed by atoms with Crippen LogP contribution in [0.3, 0.4) is 0 Å². The second-order valence-corrected chi connectivity index (χ2v) is 7.36. The Labute approximate surface area is 164 Å². The van der Waals surface area contributed by atoms with Gasteiger partial charge < -0.3 is 0 Å². The van der Waals surface area contributed by atoms with Crippen molar-refractivity contribution in [3.05, 3.63) is 79.8 Å². The maximum Gasteiger partial charge on any atom is 0.288 e. The van der Waals surface area contributed by atoms with Gasteiger partial charge in [0, 0.05) is 18.1 Å². The first-order chi connectivity index (χ1) is 12.9. The number of nitrogens with zero attached hydrogens (tertiary/aromatic N) is 3. The second kappa shape index (κ2) is 8.24. The van der Waals surface area contributed by atoms with Crippen molar-refractivity contribution in [2.75, 3.05) is 5.32 Å². The van der Waals surface area contributed by atoms with Crippen LogP contribution in [-0.2, 0) is 6.42 Å². The number of amides is 1. The first kappa shape index (κ1) is 18.9. The number of rotatable bonds is 6. The normalized spacial score (nSPS) is 11.8. The largest absolute Gasteiger partial charge is 0.296 e. The number of aromatic nitrogens is 2. The van der Waals surface area contributed by atoms with Gasteiger partial charge in [0.1, 0.15) is 10.0 Å². The monoisotopic (exact) mass is 402 g/mol. The van der Waals surface area contributed by atoms with E-state index in [9.17, 15) is 14.9 Å². The fourth-order valence-electron chi connectivity index (χ4n) is 2.51. The first-order valence-electron chi connectivity index (χ1n) is 8.06. The minimum Gasteiger partial charge on any atom is -0.296 e. The van der Waals surface area contributed by atoms with Crippen molar-refractivity contribution in [2.24, 2.45) is 0 Å².